The maximum atomic E-state index is 12.5. The van der Waals surface area contributed by atoms with E-state index in [1.54, 1.807) is 0 Å². The number of rotatable bonds is 3. The van der Waals surface area contributed by atoms with Crippen molar-refractivity contribution < 1.29 is 23.1 Å². The van der Waals surface area contributed by atoms with Crippen molar-refractivity contribution in [1.29, 1.82) is 0 Å². The van der Waals surface area contributed by atoms with E-state index in [0.717, 1.165) is 12.8 Å². The molecule has 0 bridgehead atoms. The molecular weight excluding hydrogens is 298 g/mol. The van der Waals surface area contributed by atoms with Crippen molar-refractivity contribution in [1.82, 2.24) is 9.47 Å². The van der Waals surface area contributed by atoms with E-state index < -0.39 is 27.9 Å². The number of hydrogen-bond acceptors (Lipinski definition) is 4. The van der Waals surface area contributed by atoms with Crippen molar-refractivity contribution in [3.05, 3.63) is 18.0 Å². The fourth-order valence-corrected chi connectivity index (χ4v) is 3.06. The first-order valence-corrected chi connectivity index (χ1v) is 7.99. The van der Waals surface area contributed by atoms with E-state index in [9.17, 15) is 23.1 Å². The van der Waals surface area contributed by atoms with Gasteiger partial charge in [0.15, 0.2) is 0 Å². The third-order valence-electron chi connectivity index (χ3n) is 3.58. The minimum Gasteiger partial charge on any atom is -0.480 e. The number of hydrogen-bond donors (Lipinski definition) is 2. The number of aliphatic carboxylic acids is 1. The van der Waals surface area contributed by atoms with E-state index in [0.29, 0.717) is 13.0 Å². The zero-order chi connectivity index (χ0) is 15.8. The summed E-state index contributed by atoms with van der Waals surface area (Å²) in [5, 5.41) is 14.2. The molecule has 1 aromatic heterocycles. The molecule has 1 aliphatic heterocycles. The van der Waals surface area contributed by atoms with Crippen LogP contribution in [-0.4, -0.2) is 47.5 Å². The Bertz CT molecular complexity index is 679. The maximum absolute atomic E-state index is 12.5. The number of piperidine rings is 1. The van der Waals surface area contributed by atoms with Crippen LogP contribution in [0.2, 0.25) is 0 Å². The number of aromatic nitrogens is 1. The Morgan fingerprint density at radius 2 is 2.05 bits per heavy atom. The first-order valence-electron chi connectivity index (χ1n) is 6.45. The number of primary sulfonamides is 1. The van der Waals surface area contributed by atoms with Crippen LogP contribution in [0.15, 0.2) is 17.2 Å². The topological polar surface area (TPSA) is 123 Å². The Hall–Kier alpha value is -1.87. The van der Waals surface area contributed by atoms with Crippen LogP contribution in [-0.2, 0) is 21.9 Å². The number of carbonyl (C=O) groups excluding carboxylic acids is 1. The zero-order valence-electron chi connectivity index (χ0n) is 11.5. The molecule has 3 N–H and O–H groups in total. The molecule has 1 aromatic rings. The highest BCUT2D eigenvalue weighted by molar-refractivity contribution is 7.89. The molecule has 0 spiro atoms. The van der Waals surface area contributed by atoms with Crippen LogP contribution in [0.4, 0.5) is 0 Å². The van der Waals surface area contributed by atoms with Gasteiger partial charge in [-0.1, -0.05) is 0 Å². The molecule has 1 aliphatic rings. The highest BCUT2D eigenvalue weighted by Gasteiger charge is 2.33. The normalized spacial score (nSPS) is 19.5. The number of carboxylic acid groups (broad SMARTS) is 1. The highest BCUT2D eigenvalue weighted by Crippen LogP contribution is 2.21. The van der Waals surface area contributed by atoms with Gasteiger partial charge >= 0.3 is 5.97 Å². The molecule has 1 fully saturated rings. The lowest BCUT2D eigenvalue weighted by Gasteiger charge is -2.32. The van der Waals surface area contributed by atoms with Crippen molar-refractivity contribution in [3.63, 3.8) is 0 Å². The zero-order valence-corrected chi connectivity index (χ0v) is 12.3. The SMILES string of the molecule is Cn1cc(S(N)(=O)=O)cc1C(=O)N1CCCC[C@H]1C(=O)O. The van der Waals surface area contributed by atoms with Gasteiger partial charge in [0.05, 0.1) is 0 Å². The van der Waals surface area contributed by atoms with Crippen LogP contribution in [0.3, 0.4) is 0 Å². The predicted octanol–water partition coefficient (Wildman–Crippen LogP) is -0.248. The number of nitrogens with zero attached hydrogens (tertiary/aromatic N) is 2. The van der Waals surface area contributed by atoms with Crippen LogP contribution in [0.1, 0.15) is 29.8 Å². The standard InChI is InChI=1S/C12H17N3O5S/c1-14-7-8(21(13,19)20)6-10(14)11(16)15-5-3-2-4-9(15)12(17)18/h6-7,9H,2-5H2,1H3,(H,17,18)(H2,13,19,20)/t9-/m0/s1. The van der Waals surface area contributed by atoms with E-state index in [1.807, 2.05) is 0 Å². The Morgan fingerprint density at radius 1 is 1.38 bits per heavy atom. The third kappa shape index (κ3) is 3.08. The first-order chi connectivity index (χ1) is 9.71. The summed E-state index contributed by atoms with van der Waals surface area (Å²) in [7, 11) is -2.39. The van der Waals surface area contributed by atoms with E-state index in [1.165, 1.54) is 28.8 Å². The summed E-state index contributed by atoms with van der Waals surface area (Å²) in [6.07, 6.45) is 3.11. The smallest absolute Gasteiger partial charge is 0.326 e. The van der Waals surface area contributed by atoms with E-state index >= 15 is 0 Å². The molecule has 2 heterocycles. The Morgan fingerprint density at radius 3 is 2.57 bits per heavy atom. The molecule has 0 aromatic carbocycles. The molecule has 1 amide bonds. The van der Waals surface area contributed by atoms with Gasteiger partial charge < -0.3 is 14.6 Å². The van der Waals surface area contributed by atoms with Crippen molar-refractivity contribution in [2.24, 2.45) is 12.2 Å². The Kier molecular flexibility index (Phi) is 4.06. The van der Waals surface area contributed by atoms with Gasteiger partial charge in [0.25, 0.3) is 5.91 Å². The summed E-state index contributed by atoms with van der Waals surface area (Å²) in [4.78, 5) is 24.8. The lowest BCUT2D eigenvalue weighted by Crippen LogP contribution is -2.48. The van der Waals surface area contributed by atoms with Gasteiger partial charge in [0, 0.05) is 19.8 Å². The van der Waals surface area contributed by atoms with Gasteiger partial charge in [-0.2, -0.15) is 0 Å². The van der Waals surface area contributed by atoms with Gasteiger partial charge in [-0.05, 0) is 25.3 Å². The largest absolute Gasteiger partial charge is 0.480 e. The van der Waals surface area contributed by atoms with Gasteiger partial charge in [-0.3, -0.25) is 4.79 Å². The second-order valence-electron chi connectivity index (χ2n) is 5.07. The van der Waals surface area contributed by atoms with Crippen molar-refractivity contribution >= 4 is 21.9 Å². The molecule has 8 nitrogen and oxygen atoms in total. The maximum Gasteiger partial charge on any atom is 0.326 e. The molecule has 0 unspecified atom stereocenters. The van der Waals surface area contributed by atoms with Gasteiger partial charge in [0.1, 0.15) is 16.6 Å². The van der Waals surface area contributed by atoms with Gasteiger partial charge in [-0.15, -0.1) is 0 Å². The summed E-state index contributed by atoms with van der Waals surface area (Å²) >= 11 is 0. The number of sulfonamides is 1. The van der Waals surface area contributed by atoms with Crippen LogP contribution in [0, 0.1) is 0 Å². The Labute approximate surface area is 122 Å². The van der Waals surface area contributed by atoms with E-state index in [2.05, 4.69) is 0 Å². The van der Waals surface area contributed by atoms with Crippen LogP contribution in [0.5, 0.6) is 0 Å². The molecule has 0 radical (unpaired) electrons. The summed E-state index contributed by atoms with van der Waals surface area (Å²) in [6, 6.07) is 0.296. The average molecular weight is 315 g/mol. The van der Waals surface area contributed by atoms with Gasteiger partial charge in [0.2, 0.25) is 10.0 Å². The van der Waals surface area contributed by atoms with Crippen LogP contribution >= 0.6 is 0 Å². The molecule has 1 atom stereocenters. The molecule has 2 rings (SSSR count). The molecule has 0 saturated carbocycles. The van der Waals surface area contributed by atoms with E-state index in [-0.39, 0.29) is 10.6 Å². The Balaban J connectivity index is 2.35. The second-order valence-corrected chi connectivity index (χ2v) is 6.63. The number of nitrogens with two attached hydrogens (primary N) is 1. The molecular formula is C12H17N3O5S. The second kappa shape index (κ2) is 5.49. The van der Waals surface area contributed by atoms with Crippen LogP contribution in [0.25, 0.3) is 0 Å². The summed E-state index contributed by atoms with van der Waals surface area (Å²) in [5.41, 5.74) is 0.104. The fourth-order valence-electron chi connectivity index (χ4n) is 2.48. The lowest BCUT2D eigenvalue weighted by molar-refractivity contribution is -0.143. The fraction of sp³-hybridized carbons (Fsp3) is 0.500. The van der Waals surface area contributed by atoms with E-state index in [4.69, 9.17) is 5.14 Å². The number of carbonyl (C=O) groups is 2. The van der Waals surface area contributed by atoms with Crippen molar-refractivity contribution in [2.75, 3.05) is 6.54 Å². The minimum absolute atomic E-state index is 0.104. The van der Waals surface area contributed by atoms with Crippen LogP contribution < -0.4 is 5.14 Å². The average Bonchev–Trinajstić information content (AvgIpc) is 2.80. The monoisotopic (exact) mass is 315 g/mol. The number of amides is 1. The molecule has 9 heteroatoms. The quantitative estimate of drug-likeness (QED) is 0.796. The highest BCUT2D eigenvalue weighted by atomic mass is 32.2. The predicted molar refractivity (Wildman–Crippen MR) is 73.1 cm³/mol. The molecule has 0 aliphatic carbocycles. The third-order valence-corrected chi connectivity index (χ3v) is 4.46. The summed E-state index contributed by atoms with van der Waals surface area (Å²) in [5.74, 6) is -1.55. The van der Waals surface area contributed by atoms with Crippen molar-refractivity contribution in [2.45, 2.75) is 30.2 Å². The van der Waals surface area contributed by atoms with Gasteiger partial charge in [-0.25, -0.2) is 18.4 Å². The minimum atomic E-state index is -3.91. The number of likely N-dealkylation sites (tertiary alicyclic amines) is 1. The molecule has 1 saturated heterocycles. The van der Waals surface area contributed by atoms with Crippen molar-refractivity contribution in [3.8, 4) is 0 Å². The lowest BCUT2D eigenvalue weighted by atomic mass is 10.0. The molecule has 21 heavy (non-hydrogen) atoms. The molecule has 116 valence electrons. The summed E-state index contributed by atoms with van der Waals surface area (Å²) in [6.45, 7) is 0.339. The number of aryl methyl sites for hydroxylation is 1. The summed E-state index contributed by atoms with van der Waals surface area (Å²) < 4.78 is 24.0. The number of carboxylic acids is 1. The first kappa shape index (κ1) is 15.5.